The number of benzene rings is 3. The minimum Gasteiger partial charge on any atom is -0.298 e. The van der Waals surface area contributed by atoms with Gasteiger partial charge in [0.25, 0.3) is 5.91 Å². The van der Waals surface area contributed by atoms with Gasteiger partial charge in [0.2, 0.25) is 0 Å². The summed E-state index contributed by atoms with van der Waals surface area (Å²) >= 11 is 2.91. The third-order valence-corrected chi connectivity index (χ3v) is 9.38. The van der Waals surface area contributed by atoms with Gasteiger partial charge in [0.1, 0.15) is 0 Å². The molecule has 30 heavy (non-hydrogen) atoms. The highest BCUT2D eigenvalue weighted by Gasteiger charge is 2.29. The molecular formula is C22H18N2O3S3. The number of carbonyl (C=O) groups excluding carboxylic acids is 1. The number of fused-ring (bicyclic) bond motifs is 3. The van der Waals surface area contributed by atoms with E-state index in [0.29, 0.717) is 17.1 Å². The molecule has 1 aromatic heterocycles. The summed E-state index contributed by atoms with van der Waals surface area (Å²) in [6, 6.07) is 19.5. The molecule has 1 aliphatic heterocycles. The largest absolute Gasteiger partial charge is 0.298 e. The molecule has 1 amide bonds. The van der Waals surface area contributed by atoms with Crippen molar-refractivity contribution in [2.75, 3.05) is 16.8 Å². The molecule has 0 saturated carbocycles. The number of thiazole rings is 1. The van der Waals surface area contributed by atoms with E-state index in [9.17, 15) is 13.2 Å². The van der Waals surface area contributed by atoms with Gasteiger partial charge in [-0.05, 0) is 30.0 Å². The molecule has 152 valence electrons. The van der Waals surface area contributed by atoms with Crippen molar-refractivity contribution >= 4 is 65.0 Å². The number of sulfone groups is 1. The molecule has 1 fully saturated rings. The van der Waals surface area contributed by atoms with Gasteiger partial charge in [-0.3, -0.25) is 10.1 Å². The van der Waals surface area contributed by atoms with Gasteiger partial charge in [0.05, 0.1) is 27.3 Å². The monoisotopic (exact) mass is 454 g/mol. The zero-order chi connectivity index (χ0) is 20.7. The van der Waals surface area contributed by atoms with E-state index in [2.05, 4.69) is 16.4 Å². The Labute approximate surface area is 182 Å². The molecule has 0 bridgehead atoms. The number of thioether (sulfide) groups is 1. The highest BCUT2D eigenvalue weighted by Crippen LogP contribution is 2.35. The summed E-state index contributed by atoms with van der Waals surface area (Å²) in [4.78, 5) is 18.5. The Balaban J connectivity index is 1.41. The number of hydrogen-bond donors (Lipinski definition) is 1. The number of carbonyl (C=O) groups is 1. The van der Waals surface area contributed by atoms with Crippen LogP contribution in [0.15, 0.2) is 65.6 Å². The van der Waals surface area contributed by atoms with E-state index in [-0.39, 0.29) is 22.7 Å². The molecule has 8 heteroatoms. The zero-order valence-electron chi connectivity index (χ0n) is 15.9. The quantitative estimate of drug-likeness (QED) is 0.471. The van der Waals surface area contributed by atoms with E-state index in [1.165, 1.54) is 23.1 Å². The number of nitrogens with one attached hydrogen (secondary N) is 1. The van der Waals surface area contributed by atoms with Crippen LogP contribution in [0.2, 0.25) is 0 Å². The van der Waals surface area contributed by atoms with E-state index in [1.807, 2.05) is 48.5 Å². The summed E-state index contributed by atoms with van der Waals surface area (Å²) in [5.74, 6) is 0.152. The third kappa shape index (κ3) is 3.82. The van der Waals surface area contributed by atoms with Crippen LogP contribution in [0.5, 0.6) is 0 Å². The van der Waals surface area contributed by atoms with Crippen molar-refractivity contribution in [1.29, 1.82) is 0 Å². The van der Waals surface area contributed by atoms with Crippen LogP contribution >= 0.6 is 23.1 Å². The molecule has 1 saturated heterocycles. The van der Waals surface area contributed by atoms with Gasteiger partial charge < -0.3 is 0 Å². The van der Waals surface area contributed by atoms with Crippen LogP contribution in [0.4, 0.5) is 5.13 Å². The van der Waals surface area contributed by atoms with Crippen LogP contribution < -0.4 is 5.32 Å². The number of hydrogen-bond acceptors (Lipinski definition) is 6. The lowest BCUT2D eigenvalue weighted by molar-refractivity contribution is 0.102. The SMILES string of the molecule is O=C(Nc1nc2c(ccc3ccccc32)s1)c1ccccc1SC1CCS(=O)(=O)C1. The Morgan fingerprint density at radius 1 is 1.07 bits per heavy atom. The van der Waals surface area contributed by atoms with E-state index in [1.54, 1.807) is 6.07 Å². The number of aromatic nitrogens is 1. The first-order chi connectivity index (χ1) is 14.5. The first kappa shape index (κ1) is 19.5. The number of amides is 1. The second-order valence-corrected chi connectivity index (χ2v) is 11.8. The normalized spacial score (nSPS) is 18.1. The van der Waals surface area contributed by atoms with E-state index in [0.717, 1.165) is 25.9 Å². The molecule has 1 aliphatic rings. The maximum absolute atomic E-state index is 13.0. The summed E-state index contributed by atoms with van der Waals surface area (Å²) < 4.78 is 24.6. The predicted octanol–water partition coefficient (Wildman–Crippen LogP) is 4.98. The highest BCUT2D eigenvalue weighted by molar-refractivity contribution is 8.02. The van der Waals surface area contributed by atoms with Crippen molar-refractivity contribution in [3.05, 3.63) is 66.2 Å². The van der Waals surface area contributed by atoms with E-state index >= 15 is 0 Å². The first-order valence-electron chi connectivity index (χ1n) is 9.54. The topological polar surface area (TPSA) is 76.1 Å². The molecule has 1 unspecified atom stereocenters. The van der Waals surface area contributed by atoms with Crippen molar-refractivity contribution in [3.8, 4) is 0 Å². The van der Waals surface area contributed by atoms with Crippen molar-refractivity contribution < 1.29 is 13.2 Å². The zero-order valence-corrected chi connectivity index (χ0v) is 18.3. The molecule has 5 nitrogen and oxygen atoms in total. The van der Waals surface area contributed by atoms with Gasteiger partial charge in [0, 0.05) is 15.5 Å². The lowest BCUT2D eigenvalue weighted by Crippen LogP contribution is -2.14. The average Bonchev–Trinajstić information content (AvgIpc) is 3.30. The maximum Gasteiger partial charge on any atom is 0.258 e. The van der Waals surface area contributed by atoms with Crippen LogP contribution in [0.25, 0.3) is 21.0 Å². The van der Waals surface area contributed by atoms with Gasteiger partial charge in [-0.15, -0.1) is 11.8 Å². The van der Waals surface area contributed by atoms with Crippen molar-refractivity contribution in [2.45, 2.75) is 16.6 Å². The number of nitrogens with zero attached hydrogens (tertiary/aromatic N) is 1. The van der Waals surface area contributed by atoms with Crippen LogP contribution in [0.1, 0.15) is 16.8 Å². The molecular weight excluding hydrogens is 436 g/mol. The maximum atomic E-state index is 13.0. The smallest absolute Gasteiger partial charge is 0.258 e. The summed E-state index contributed by atoms with van der Waals surface area (Å²) in [5.41, 5.74) is 1.42. The Kier molecular flexibility index (Phi) is 5.00. The fourth-order valence-corrected chi connectivity index (χ4v) is 8.17. The summed E-state index contributed by atoms with van der Waals surface area (Å²) in [6.07, 6.45) is 0.619. The fraction of sp³-hybridized carbons (Fsp3) is 0.182. The fourth-order valence-electron chi connectivity index (χ4n) is 3.67. The van der Waals surface area contributed by atoms with Gasteiger partial charge in [-0.25, -0.2) is 13.4 Å². The minimum absolute atomic E-state index is 0.0160. The standard InChI is InChI=1S/C22H18N2O3S3/c25-21(17-7-3-4-8-18(17)28-15-11-12-30(26,27)13-15)24-22-23-20-16-6-2-1-5-14(16)9-10-19(20)29-22/h1-10,15H,11-13H2,(H,23,24,25). The van der Waals surface area contributed by atoms with Crippen LogP contribution in [-0.2, 0) is 9.84 Å². The molecule has 3 aromatic carbocycles. The molecule has 0 aliphatic carbocycles. The van der Waals surface area contributed by atoms with Gasteiger partial charge in [-0.2, -0.15) is 0 Å². The Morgan fingerprint density at radius 3 is 2.70 bits per heavy atom. The third-order valence-electron chi connectivity index (χ3n) is 5.12. The second kappa shape index (κ2) is 7.68. The Bertz CT molecular complexity index is 1380. The molecule has 0 spiro atoms. The summed E-state index contributed by atoms with van der Waals surface area (Å²) in [6.45, 7) is 0. The second-order valence-electron chi connectivity index (χ2n) is 7.25. The Hall–Kier alpha value is -2.42. The Morgan fingerprint density at radius 2 is 1.87 bits per heavy atom. The lowest BCUT2D eigenvalue weighted by Gasteiger charge is -2.11. The molecule has 2 heterocycles. The highest BCUT2D eigenvalue weighted by atomic mass is 32.2. The van der Waals surface area contributed by atoms with Gasteiger partial charge in [0.15, 0.2) is 15.0 Å². The average molecular weight is 455 g/mol. The van der Waals surface area contributed by atoms with E-state index < -0.39 is 9.84 Å². The molecule has 1 N–H and O–H groups in total. The summed E-state index contributed by atoms with van der Waals surface area (Å²) in [5, 5.41) is 5.64. The van der Waals surface area contributed by atoms with Crippen LogP contribution in [0, 0.1) is 0 Å². The van der Waals surface area contributed by atoms with E-state index in [4.69, 9.17) is 0 Å². The van der Waals surface area contributed by atoms with Gasteiger partial charge >= 0.3 is 0 Å². The van der Waals surface area contributed by atoms with Crippen molar-refractivity contribution in [1.82, 2.24) is 4.98 Å². The van der Waals surface area contributed by atoms with Crippen LogP contribution in [-0.4, -0.2) is 36.1 Å². The number of rotatable bonds is 4. The molecule has 1 atom stereocenters. The first-order valence-corrected chi connectivity index (χ1v) is 13.1. The summed E-state index contributed by atoms with van der Waals surface area (Å²) in [7, 11) is -2.96. The van der Waals surface area contributed by atoms with Crippen molar-refractivity contribution in [3.63, 3.8) is 0 Å². The predicted molar refractivity (Wildman–Crippen MR) is 124 cm³/mol. The van der Waals surface area contributed by atoms with Crippen molar-refractivity contribution in [2.24, 2.45) is 0 Å². The number of anilines is 1. The lowest BCUT2D eigenvalue weighted by atomic mass is 10.1. The minimum atomic E-state index is -2.96. The molecule has 0 radical (unpaired) electrons. The van der Waals surface area contributed by atoms with Gasteiger partial charge in [-0.1, -0.05) is 53.8 Å². The molecule has 4 aromatic rings. The van der Waals surface area contributed by atoms with Crippen LogP contribution in [0.3, 0.4) is 0 Å². The molecule has 5 rings (SSSR count).